The molecule has 0 aromatic carbocycles. The van der Waals surface area contributed by atoms with E-state index in [0.717, 1.165) is 31.2 Å². The summed E-state index contributed by atoms with van der Waals surface area (Å²) in [6.45, 7) is 2.36. The van der Waals surface area contributed by atoms with Crippen LogP contribution in [0.25, 0.3) is 0 Å². The Kier molecular flexibility index (Phi) is 4.74. The Morgan fingerprint density at radius 2 is 2.18 bits per heavy atom. The highest BCUT2D eigenvalue weighted by Gasteiger charge is 2.30. The topological polar surface area (TPSA) is 50.9 Å². The number of aromatic nitrogens is 1. The first-order chi connectivity index (χ1) is 7.97. The van der Waals surface area contributed by atoms with Crippen molar-refractivity contribution in [1.29, 1.82) is 0 Å². The second kappa shape index (κ2) is 5.86. The molecule has 0 amide bonds. The van der Waals surface area contributed by atoms with Gasteiger partial charge in [-0.25, -0.2) is 4.98 Å². The second-order valence-corrected chi connectivity index (χ2v) is 3.79. The molecule has 1 aromatic rings. The van der Waals surface area contributed by atoms with Crippen LogP contribution in [0.2, 0.25) is 0 Å². The fourth-order valence-corrected chi connectivity index (χ4v) is 1.49. The van der Waals surface area contributed by atoms with Crippen LogP contribution < -0.4 is 11.1 Å². The zero-order chi connectivity index (χ0) is 12.9. The number of nitrogens with two attached hydrogens (primary N) is 1. The van der Waals surface area contributed by atoms with Crippen LogP contribution in [0.15, 0.2) is 18.3 Å². The Morgan fingerprint density at radius 3 is 2.71 bits per heavy atom. The smallest absolute Gasteiger partial charge is 0.366 e. The quantitative estimate of drug-likeness (QED) is 0.841. The van der Waals surface area contributed by atoms with Gasteiger partial charge in [0.15, 0.2) is 0 Å². The lowest BCUT2D eigenvalue weighted by atomic mass is 10.1. The monoisotopic (exact) mass is 247 g/mol. The Morgan fingerprint density at radius 1 is 1.47 bits per heavy atom. The first-order valence-electron chi connectivity index (χ1n) is 5.47. The summed E-state index contributed by atoms with van der Waals surface area (Å²) in [5.41, 5.74) is 4.81. The number of hydrogen-bond acceptors (Lipinski definition) is 3. The molecule has 1 aromatic heterocycles. The van der Waals surface area contributed by atoms with Gasteiger partial charge in [-0.2, -0.15) is 13.2 Å². The van der Waals surface area contributed by atoms with E-state index in [2.05, 4.69) is 10.3 Å². The van der Waals surface area contributed by atoms with E-state index < -0.39 is 11.7 Å². The van der Waals surface area contributed by atoms with Gasteiger partial charge in [-0.1, -0.05) is 13.3 Å². The van der Waals surface area contributed by atoms with Gasteiger partial charge in [0.25, 0.3) is 0 Å². The molecule has 3 N–H and O–H groups in total. The van der Waals surface area contributed by atoms with E-state index in [0.29, 0.717) is 6.54 Å². The van der Waals surface area contributed by atoms with Crippen molar-refractivity contribution in [2.45, 2.75) is 32.0 Å². The molecule has 6 heteroatoms. The third kappa shape index (κ3) is 4.22. The van der Waals surface area contributed by atoms with Crippen LogP contribution in [0.4, 0.5) is 19.0 Å². The molecule has 0 bridgehead atoms. The molecule has 0 saturated heterocycles. The summed E-state index contributed by atoms with van der Waals surface area (Å²) in [7, 11) is 0. The van der Waals surface area contributed by atoms with E-state index in [1.165, 1.54) is 0 Å². The maximum absolute atomic E-state index is 12.5. The molecule has 3 nitrogen and oxygen atoms in total. The molecule has 0 aliphatic carbocycles. The third-order valence-corrected chi connectivity index (χ3v) is 2.36. The van der Waals surface area contributed by atoms with Gasteiger partial charge >= 0.3 is 6.18 Å². The largest absolute Gasteiger partial charge is 0.416 e. The van der Waals surface area contributed by atoms with Gasteiger partial charge in [0.1, 0.15) is 5.82 Å². The van der Waals surface area contributed by atoms with Crippen molar-refractivity contribution < 1.29 is 13.2 Å². The number of alkyl halides is 3. The SMILES string of the molecule is CCCC(CN)Nc1cc(C(F)(F)F)ccn1. The fraction of sp³-hybridized carbons (Fsp3) is 0.545. The van der Waals surface area contributed by atoms with Crippen LogP contribution in [0, 0.1) is 0 Å². The standard InChI is InChI=1S/C11H16F3N3/c1-2-3-9(7-15)17-10-6-8(4-5-16-10)11(12,13)14/h4-6,9H,2-3,7,15H2,1H3,(H,16,17). The maximum atomic E-state index is 12.5. The van der Waals surface area contributed by atoms with E-state index >= 15 is 0 Å². The number of halogens is 3. The molecule has 1 heterocycles. The van der Waals surface area contributed by atoms with Crippen LogP contribution in [-0.2, 0) is 6.18 Å². The summed E-state index contributed by atoms with van der Waals surface area (Å²) in [5.74, 6) is 0.212. The highest BCUT2D eigenvalue weighted by atomic mass is 19.4. The van der Waals surface area contributed by atoms with Crippen molar-refractivity contribution in [1.82, 2.24) is 4.98 Å². The molecule has 1 rings (SSSR count). The zero-order valence-electron chi connectivity index (χ0n) is 9.59. The molecule has 0 fully saturated rings. The molecule has 0 spiro atoms. The van der Waals surface area contributed by atoms with Crippen molar-refractivity contribution in [3.05, 3.63) is 23.9 Å². The minimum Gasteiger partial charge on any atom is -0.366 e. The predicted octanol–water partition coefficient (Wildman–Crippen LogP) is 2.64. The third-order valence-electron chi connectivity index (χ3n) is 2.36. The lowest BCUT2D eigenvalue weighted by Gasteiger charge is -2.17. The summed E-state index contributed by atoms with van der Waals surface area (Å²) in [4.78, 5) is 3.86. The fourth-order valence-electron chi connectivity index (χ4n) is 1.49. The molecular weight excluding hydrogens is 231 g/mol. The second-order valence-electron chi connectivity index (χ2n) is 3.79. The average Bonchev–Trinajstić information content (AvgIpc) is 2.28. The lowest BCUT2D eigenvalue weighted by Crippen LogP contribution is -2.29. The van der Waals surface area contributed by atoms with Gasteiger partial charge in [-0.05, 0) is 18.6 Å². The summed E-state index contributed by atoms with van der Waals surface area (Å²) < 4.78 is 37.4. The Labute approximate surface area is 98.2 Å². The van der Waals surface area contributed by atoms with Gasteiger partial charge in [-0.15, -0.1) is 0 Å². The number of hydrogen-bond donors (Lipinski definition) is 2. The van der Waals surface area contributed by atoms with Gasteiger partial charge in [-0.3, -0.25) is 0 Å². The molecular formula is C11H16F3N3. The van der Waals surface area contributed by atoms with Gasteiger partial charge in [0.05, 0.1) is 5.56 Å². The molecule has 0 aliphatic heterocycles. The first kappa shape index (κ1) is 13.8. The van der Waals surface area contributed by atoms with Crippen LogP contribution in [0.1, 0.15) is 25.3 Å². The van der Waals surface area contributed by atoms with Crippen LogP contribution >= 0.6 is 0 Å². The molecule has 17 heavy (non-hydrogen) atoms. The van der Waals surface area contributed by atoms with Gasteiger partial charge in [0, 0.05) is 18.8 Å². The van der Waals surface area contributed by atoms with E-state index in [9.17, 15) is 13.2 Å². The molecule has 0 aliphatic rings. The normalized spacial score (nSPS) is 13.5. The Bertz CT molecular complexity index is 352. The highest BCUT2D eigenvalue weighted by Crippen LogP contribution is 2.30. The van der Waals surface area contributed by atoms with Crippen molar-refractivity contribution >= 4 is 5.82 Å². The molecule has 1 atom stereocenters. The Hall–Kier alpha value is -1.30. The summed E-state index contributed by atoms with van der Waals surface area (Å²) in [6.07, 6.45) is -1.49. The molecule has 0 radical (unpaired) electrons. The molecule has 1 unspecified atom stereocenters. The van der Waals surface area contributed by atoms with Crippen molar-refractivity contribution in [2.75, 3.05) is 11.9 Å². The lowest BCUT2D eigenvalue weighted by molar-refractivity contribution is -0.137. The first-order valence-corrected chi connectivity index (χ1v) is 5.47. The summed E-state index contributed by atoms with van der Waals surface area (Å²) in [5, 5.41) is 2.91. The number of nitrogens with zero attached hydrogens (tertiary/aromatic N) is 1. The van der Waals surface area contributed by atoms with Gasteiger partial charge in [0.2, 0.25) is 0 Å². The minimum atomic E-state index is -4.34. The van der Waals surface area contributed by atoms with E-state index in [1.807, 2.05) is 6.92 Å². The summed E-state index contributed by atoms with van der Waals surface area (Å²) >= 11 is 0. The van der Waals surface area contributed by atoms with Crippen molar-refractivity contribution in [3.8, 4) is 0 Å². The number of pyridine rings is 1. The number of rotatable bonds is 5. The molecule has 96 valence electrons. The van der Waals surface area contributed by atoms with Crippen LogP contribution in [-0.4, -0.2) is 17.6 Å². The van der Waals surface area contributed by atoms with E-state index in [-0.39, 0.29) is 11.9 Å². The number of nitrogens with one attached hydrogen (secondary N) is 1. The summed E-state index contributed by atoms with van der Waals surface area (Å²) in [6, 6.07) is 1.90. The average molecular weight is 247 g/mol. The van der Waals surface area contributed by atoms with Crippen LogP contribution in [0.5, 0.6) is 0 Å². The van der Waals surface area contributed by atoms with E-state index in [4.69, 9.17) is 5.73 Å². The van der Waals surface area contributed by atoms with Crippen molar-refractivity contribution in [2.24, 2.45) is 5.73 Å². The van der Waals surface area contributed by atoms with Crippen molar-refractivity contribution in [3.63, 3.8) is 0 Å². The molecule has 0 saturated carbocycles. The zero-order valence-corrected chi connectivity index (χ0v) is 9.59. The predicted molar refractivity (Wildman–Crippen MR) is 60.6 cm³/mol. The number of anilines is 1. The van der Waals surface area contributed by atoms with Gasteiger partial charge < -0.3 is 11.1 Å². The highest BCUT2D eigenvalue weighted by molar-refractivity contribution is 5.39. The van der Waals surface area contributed by atoms with E-state index in [1.54, 1.807) is 0 Å². The maximum Gasteiger partial charge on any atom is 0.416 e. The minimum absolute atomic E-state index is 0.0454. The van der Waals surface area contributed by atoms with Crippen LogP contribution in [0.3, 0.4) is 0 Å². The Balaban J connectivity index is 2.78.